The summed E-state index contributed by atoms with van der Waals surface area (Å²) < 4.78 is -0.999. The summed E-state index contributed by atoms with van der Waals surface area (Å²) in [6.45, 7) is 0. The van der Waals surface area contributed by atoms with Crippen molar-refractivity contribution in [3.05, 3.63) is 35.9 Å². The zero-order valence-corrected chi connectivity index (χ0v) is 8.46. The standard InChI is InChI=1S/C10H10Cl2O/c11-10(12)8(6-9(10)13)7-4-2-1-3-5-7/h1-5,8-9,13H,6H2/t8-,9-/m1/s1. The molecule has 0 unspecified atom stereocenters. The molecular weight excluding hydrogens is 207 g/mol. The van der Waals surface area contributed by atoms with E-state index >= 15 is 0 Å². The summed E-state index contributed by atoms with van der Waals surface area (Å²) in [5, 5.41) is 9.34. The lowest BCUT2D eigenvalue weighted by Crippen LogP contribution is -2.49. The van der Waals surface area contributed by atoms with Gasteiger partial charge >= 0.3 is 0 Å². The topological polar surface area (TPSA) is 20.2 Å². The second-order valence-electron chi connectivity index (χ2n) is 3.39. The maximum atomic E-state index is 9.34. The van der Waals surface area contributed by atoms with Crippen molar-refractivity contribution in [1.82, 2.24) is 0 Å². The first kappa shape index (κ1) is 9.32. The van der Waals surface area contributed by atoms with E-state index in [1.807, 2.05) is 30.3 Å². The average Bonchev–Trinajstić information content (AvgIpc) is 2.15. The van der Waals surface area contributed by atoms with E-state index in [1.165, 1.54) is 0 Å². The Morgan fingerprint density at radius 1 is 1.23 bits per heavy atom. The van der Waals surface area contributed by atoms with Crippen molar-refractivity contribution in [3.8, 4) is 0 Å². The molecule has 0 heterocycles. The maximum absolute atomic E-state index is 9.34. The highest BCUT2D eigenvalue weighted by molar-refractivity contribution is 6.50. The number of rotatable bonds is 1. The monoisotopic (exact) mass is 216 g/mol. The van der Waals surface area contributed by atoms with Crippen LogP contribution in [0.15, 0.2) is 30.3 Å². The van der Waals surface area contributed by atoms with Crippen LogP contribution in [0.1, 0.15) is 17.9 Å². The van der Waals surface area contributed by atoms with Crippen molar-refractivity contribution in [2.24, 2.45) is 0 Å². The van der Waals surface area contributed by atoms with Crippen LogP contribution in [0.4, 0.5) is 0 Å². The number of halogens is 2. The highest BCUT2D eigenvalue weighted by Gasteiger charge is 2.52. The molecule has 13 heavy (non-hydrogen) atoms. The van der Waals surface area contributed by atoms with Gasteiger partial charge < -0.3 is 5.11 Å². The quantitative estimate of drug-likeness (QED) is 0.717. The molecule has 1 nitrogen and oxygen atoms in total. The van der Waals surface area contributed by atoms with Gasteiger partial charge in [-0.3, -0.25) is 0 Å². The van der Waals surface area contributed by atoms with E-state index in [0.29, 0.717) is 6.42 Å². The average molecular weight is 217 g/mol. The van der Waals surface area contributed by atoms with Gasteiger partial charge in [-0.05, 0) is 12.0 Å². The molecule has 2 rings (SSSR count). The molecule has 0 bridgehead atoms. The predicted molar refractivity (Wildman–Crippen MR) is 54.2 cm³/mol. The lowest BCUT2D eigenvalue weighted by Gasteiger charge is -2.44. The fourth-order valence-electron chi connectivity index (χ4n) is 1.65. The SMILES string of the molecule is O[C@@H]1C[C@H](c2ccccc2)C1(Cl)Cl. The molecule has 0 saturated heterocycles. The van der Waals surface area contributed by atoms with Crippen molar-refractivity contribution in [2.75, 3.05) is 0 Å². The van der Waals surface area contributed by atoms with Crippen LogP contribution in [0.3, 0.4) is 0 Å². The van der Waals surface area contributed by atoms with Crippen LogP contribution in [-0.2, 0) is 0 Å². The Labute approximate surface area is 87.3 Å². The fraction of sp³-hybridized carbons (Fsp3) is 0.400. The zero-order valence-electron chi connectivity index (χ0n) is 6.95. The summed E-state index contributed by atoms with van der Waals surface area (Å²) >= 11 is 11.9. The Kier molecular flexibility index (Phi) is 2.26. The minimum atomic E-state index is -0.999. The van der Waals surface area contributed by atoms with Crippen molar-refractivity contribution < 1.29 is 5.11 Å². The van der Waals surface area contributed by atoms with Crippen molar-refractivity contribution >= 4 is 23.2 Å². The van der Waals surface area contributed by atoms with E-state index in [2.05, 4.69) is 0 Å². The number of benzene rings is 1. The summed E-state index contributed by atoms with van der Waals surface area (Å²) in [5.41, 5.74) is 1.10. The predicted octanol–water partition coefficient (Wildman–Crippen LogP) is 2.71. The van der Waals surface area contributed by atoms with E-state index < -0.39 is 10.4 Å². The lowest BCUT2D eigenvalue weighted by molar-refractivity contribution is 0.0613. The summed E-state index contributed by atoms with van der Waals surface area (Å²) in [6.07, 6.45) is 0.0536. The van der Waals surface area contributed by atoms with E-state index in [-0.39, 0.29) is 5.92 Å². The normalized spacial score (nSPS) is 31.0. The maximum Gasteiger partial charge on any atom is 0.150 e. The summed E-state index contributed by atoms with van der Waals surface area (Å²) in [4.78, 5) is 0. The Hall–Kier alpha value is -0.240. The first-order chi connectivity index (χ1) is 6.12. The van der Waals surface area contributed by atoms with Crippen LogP contribution < -0.4 is 0 Å². The summed E-state index contributed by atoms with van der Waals surface area (Å²) in [6, 6.07) is 9.81. The molecule has 1 aromatic rings. The molecule has 1 aliphatic carbocycles. The van der Waals surface area contributed by atoms with Gasteiger partial charge in [-0.2, -0.15) is 0 Å². The molecule has 0 aliphatic heterocycles. The van der Waals surface area contributed by atoms with Crippen LogP contribution in [0, 0.1) is 0 Å². The van der Waals surface area contributed by atoms with Gasteiger partial charge in [0, 0.05) is 5.92 Å². The van der Waals surface area contributed by atoms with Gasteiger partial charge in [0.2, 0.25) is 0 Å². The second-order valence-corrected chi connectivity index (χ2v) is 4.83. The van der Waals surface area contributed by atoms with Crippen LogP contribution in [0.2, 0.25) is 0 Å². The molecule has 1 aliphatic rings. The van der Waals surface area contributed by atoms with E-state index in [9.17, 15) is 5.11 Å². The molecular formula is C10H10Cl2O. The Morgan fingerprint density at radius 3 is 2.31 bits per heavy atom. The van der Waals surface area contributed by atoms with Crippen LogP contribution in [-0.4, -0.2) is 15.5 Å². The number of aliphatic hydroxyl groups is 1. The first-order valence-electron chi connectivity index (χ1n) is 4.23. The largest absolute Gasteiger partial charge is 0.390 e. The third-order valence-electron chi connectivity index (χ3n) is 2.57. The van der Waals surface area contributed by atoms with Crippen LogP contribution in [0.5, 0.6) is 0 Å². The van der Waals surface area contributed by atoms with Gasteiger partial charge in [-0.25, -0.2) is 0 Å². The molecule has 0 aromatic heterocycles. The van der Waals surface area contributed by atoms with Crippen LogP contribution >= 0.6 is 23.2 Å². The Bertz CT molecular complexity index is 297. The van der Waals surface area contributed by atoms with Gasteiger partial charge in [-0.1, -0.05) is 53.5 Å². The molecule has 2 atom stereocenters. The molecule has 1 N–H and O–H groups in total. The van der Waals surface area contributed by atoms with E-state index in [4.69, 9.17) is 23.2 Å². The number of aliphatic hydroxyl groups excluding tert-OH is 1. The highest BCUT2D eigenvalue weighted by atomic mass is 35.5. The van der Waals surface area contributed by atoms with Gasteiger partial charge in [0.05, 0.1) is 6.10 Å². The molecule has 0 amide bonds. The lowest BCUT2D eigenvalue weighted by atomic mass is 9.76. The van der Waals surface area contributed by atoms with Crippen molar-refractivity contribution in [3.63, 3.8) is 0 Å². The third-order valence-corrected chi connectivity index (χ3v) is 3.60. The molecule has 3 heteroatoms. The third kappa shape index (κ3) is 1.45. The van der Waals surface area contributed by atoms with E-state index in [1.54, 1.807) is 0 Å². The van der Waals surface area contributed by atoms with Gasteiger partial charge in [0.1, 0.15) is 0 Å². The second kappa shape index (κ2) is 3.16. The zero-order chi connectivity index (χ0) is 9.47. The van der Waals surface area contributed by atoms with Gasteiger partial charge in [-0.15, -0.1) is 0 Å². The van der Waals surface area contributed by atoms with Crippen molar-refractivity contribution in [2.45, 2.75) is 22.8 Å². The smallest absolute Gasteiger partial charge is 0.150 e. The van der Waals surface area contributed by atoms with Gasteiger partial charge in [0.25, 0.3) is 0 Å². The van der Waals surface area contributed by atoms with Gasteiger partial charge in [0.15, 0.2) is 4.33 Å². The van der Waals surface area contributed by atoms with Crippen molar-refractivity contribution in [1.29, 1.82) is 0 Å². The molecule has 70 valence electrons. The first-order valence-corrected chi connectivity index (χ1v) is 4.99. The molecule has 0 spiro atoms. The number of hydrogen-bond donors (Lipinski definition) is 1. The Balaban J connectivity index is 2.22. The molecule has 1 aromatic carbocycles. The highest BCUT2D eigenvalue weighted by Crippen LogP contribution is 2.53. The molecule has 0 radical (unpaired) electrons. The van der Waals surface area contributed by atoms with E-state index in [0.717, 1.165) is 5.56 Å². The minimum Gasteiger partial charge on any atom is -0.390 e. The summed E-state index contributed by atoms with van der Waals surface area (Å²) in [7, 11) is 0. The summed E-state index contributed by atoms with van der Waals surface area (Å²) in [5.74, 6) is 0.0621. The number of hydrogen-bond acceptors (Lipinski definition) is 1. The molecule has 1 fully saturated rings. The molecule has 1 saturated carbocycles. The fourth-order valence-corrected chi connectivity index (χ4v) is 2.26. The minimum absolute atomic E-state index is 0.0621. The van der Waals surface area contributed by atoms with Crippen LogP contribution in [0.25, 0.3) is 0 Å². The Morgan fingerprint density at radius 2 is 1.85 bits per heavy atom. The number of alkyl halides is 2.